The third-order valence-electron chi connectivity index (χ3n) is 5.28. The number of aliphatic hydroxyl groups excluding tert-OH is 1. The molecular weight excluding hydrogens is 296 g/mol. The van der Waals surface area contributed by atoms with Crippen molar-refractivity contribution in [1.29, 1.82) is 0 Å². The smallest absolute Gasteiger partial charge is 0.0711 e. The average molecular weight is 333 g/mol. The molecule has 0 saturated carbocycles. The van der Waals surface area contributed by atoms with Gasteiger partial charge < -0.3 is 10.0 Å². The lowest BCUT2D eigenvalue weighted by atomic mass is 9.86. The van der Waals surface area contributed by atoms with Crippen molar-refractivity contribution in [2.75, 3.05) is 31.3 Å². The second-order valence-corrected chi connectivity index (χ2v) is 8.88. The Morgan fingerprint density at radius 3 is 1.96 bits per heavy atom. The van der Waals surface area contributed by atoms with Crippen LogP contribution in [0.25, 0.3) is 0 Å². The highest BCUT2D eigenvalue weighted by Crippen LogP contribution is 2.37. The van der Waals surface area contributed by atoms with E-state index in [2.05, 4.69) is 76.5 Å². The van der Waals surface area contributed by atoms with Crippen LogP contribution in [0, 0.1) is 5.41 Å². The quantitative estimate of drug-likeness (QED) is 0.864. The van der Waals surface area contributed by atoms with Crippen molar-refractivity contribution in [3.63, 3.8) is 0 Å². The van der Waals surface area contributed by atoms with E-state index < -0.39 is 0 Å². The van der Waals surface area contributed by atoms with Crippen LogP contribution in [0.2, 0.25) is 0 Å². The summed E-state index contributed by atoms with van der Waals surface area (Å²) < 4.78 is 0. The molecule has 3 heteroatoms. The first-order valence-corrected chi connectivity index (χ1v) is 9.39. The Morgan fingerprint density at radius 1 is 1.00 bits per heavy atom. The number of hydrogen-bond donors (Lipinski definition) is 1. The average Bonchev–Trinajstić information content (AvgIpc) is 2.94. The molecule has 0 aromatic heterocycles. The Morgan fingerprint density at radius 2 is 1.54 bits per heavy atom. The largest absolute Gasteiger partial charge is 0.395 e. The molecule has 1 aromatic carbocycles. The number of benzene rings is 1. The molecule has 1 heterocycles. The minimum Gasteiger partial charge on any atom is -0.395 e. The fourth-order valence-electron chi connectivity index (χ4n) is 3.86. The van der Waals surface area contributed by atoms with Crippen LogP contribution in [0.4, 0.5) is 5.69 Å². The summed E-state index contributed by atoms with van der Waals surface area (Å²) in [5, 5.41) is 9.90. The molecule has 1 atom stereocenters. The minimum absolute atomic E-state index is 0.0865. The van der Waals surface area contributed by atoms with Gasteiger partial charge in [-0.1, -0.05) is 66.7 Å². The molecule has 3 nitrogen and oxygen atoms in total. The SMILES string of the molecule is CC(C)c1cccc(C(C)C)c1N1CCN([C@H](CO)C(C)(C)C)C1. The van der Waals surface area contributed by atoms with Gasteiger partial charge in [-0.15, -0.1) is 0 Å². The zero-order chi connectivity index (χ0) is 18.1. The van der Waals surface area contributed by atoms with Gasteiger partial charge >= 0.3 is 0 Å². The third-order valence-corrected chi connectivity index (χ3v) is 5.28. The predicted molar refractivity (Wildman–Crippen MR) is 104 cm³/mol. The number of anilines is 1. The van der Waals surface area contributed by atoms with E-state index in [0.29, 0.717) is 11.8 Å². The molecule has 2 rings (SSSR count). The second-order valence-electron chi connectivity index (χ2n) is 8.88. The van der Waals surface area contributed by atoms with E-state index in [1.54, 1.807) is 0 Å². The van der Waals surface area contributed by atoms with Gasteiger partial charge in [-0.3, -0.25) is 4.90 Å². The molecular formula is C21H36N2O. The van der Waals surface area contributed by atoms with Gasteiger partial charge in [-0.25, -0.2) is 0 Å². The summed E-state index contributed by atoms with van der Waals surface area (Å²) in [6.07, 6.45) is 0. The molecule has 0 radical (unpaired) electrons. The maximum atomic E-state index is 9.90. The van der Waals surface area contributed by atoms with Crippen molar-refractivity contribution in [3.8, 4) is 0 Å². The summed E-state index contributed by atoms with van der Waals surface area (Å²) in [6.45, 7) is 19.0. The van der Waals surface area contributed by atoms with Crippen LogP contribution in [-0.2, 0) is 0 Å². The van der Waals surface area contributed by atoms with Gasteiger partial charge in [0, 0.05) is 24.8 Å². The third kappa shape index (κ3) is 3.94. The van der Waals surface area contributed by atoms with Gasteiger partial charge in [0.2, 0.25) is 0 Å². The summed E-state index contributed by atoms with van der Waals surface area (Å²) in [5.41, 5.74) is 4.40. The lowest BCUT2D eigenvalue weighted by Gasteiger charge is -2.37. The molecule has 0 bridgehead atoms. The van der Waals surface area contributed by atoms with E-state index in [1.165, 1.54) is 16.8 Å². The Kier molecular flexibility index (Phi) is 5.98. The highest BCUT2D eigenvalue weighted by atomic mass is 16.3. The summed E-state index contributed by atoms with van der Waals surface area (Å²) in [6, 6.07) is 6.97. The van der Waals surface area contributed by atoms with Crippen LogP contribution >= 0.6 is 0 Å². The number of rotatable bonds is 5. The molecule has 0 aliphatic carbocycles. The van der Waals surface area contributed by atoms with E-state index >= 15 is 0 Å². The molecule has 136 valence electrons. The van der Waals surface area contributed by atoms with Crippen molar-refractivity contribution >= 4 is 5.69 Å². The van der Waals surface area contributed by atoms with Crippen molar-refractivity contribution < 1.29 is 5.11 Å². The predicted octanol–water partition coefficient (Wildman–Crippen LogP) is 4.42. The zero-order valence-electron chi connectivity index (χ0n) is 16.6. The summed E-state index contributed by atoms with van der Waals surface area (Å²) >= 11 is 0. The summed E-state index contributed by atoms with van der Waals surface area (Å²) in [5.74, 6) is 1.04. The zero-order valence-corrected chi connectivity index (χ0v) is 16.6. The molecule has 1 aromatic rings. The molecule has 0 spiro atoms. The molecule has 1 aliphatic heterocycles. The van der Waals surface area contributed by atoms with Crippen LogP contribution in [0.5, 0.6) is 0 Å². The molecule has 0 unspecified atom stereocenters. The van der Waals surface area contributed by atoms with E-state index in [4.69, 9.17) is 0 Å². The highest BCUT2D eigenvalue weighted by molar-refractivity contribution is 5.62. The van der Waals surface area contributed by atoms with Crippen molar-refractivity contribution in [1.82, 2.24) is 4.90 Å². The van der Waals surface area contributed by atoms with Crippen molar-refractivity contribution in [3.05, 3.63) is 29.3 Å². The first kappa shape index (κ1) is 19.3. The second kappa shape index (κ2) is 7.45. The van der Waals surface area contributed by atoms with Crippen LogP contribution in [0.3, 0.4) is 0 Å². The van der Waals surface area contributed by atoms with Gasteiger partial charge in [0.1, 0.15) is 0 Å². The fourth-order valence-corrected chi connectivity index (χ4v) is 3.86. The van der Waals surface area contributed by atoms with E-state index in [-0.39, 0.29) is 18.1 Å². The van der Waals surface area contributed by atoms with Crippen LogP contribution < -0.4 is 4.90 Å². The fraction of sp³-hybridized carbons (Fsp3) is 0.714. The molecule has 0 amide bonds. The number of hydrogen-bond acceptors (Lipinski definition) is 3. The van der Waals surface area contributed by atoms with Gasteiger partial charge in [0.25, 0.3) is 0 Å². The van der Waals surface area contributed by atoms with Crippen molar-refractivity contribution in [2.24, 2.45) is 5.41 Å². The Labute approximate surface area is 148 Å². The van der Waals surface area contributed by atoms with Gasteiger partial charge in [0.05, 0.1) is 13.3 Å². The number of aliphatic hydroxyl groups is 1. The molecule has 1 aliphatic rings. The Hall–Kier alpha value is -1.06. The van der Waals surface area contributed by atoms with Gasteiger partial charge in [0.15, 0.2) is 0 Å². The topological polar surface area (TPSA) is 26.7 Å². The molecule has 24 heavy (non-hydrogen) atoms. The normalized spacial score (nSPS) is 18.0. The van der Waals surface area contributed by atoms with Crippen LogP contribution in [-0.4, -0.2) is 42.4 Å². The lowest BCUT2D eigenvalue weighted by Crippen LogP contribution is -2.46. The monoisotopic (exact) mass is 332 g/mol. The molecule has 1 fully saturated rings. The Balaban J connectivity index is 2.34. The minimum atomic E-state index is 0.0865. The molecule has 1 saturated heterocycles. The van der Waals surface area contributed by atoms with E-state index in [9.17, 15) is 5.11 Å². The van der Waals surface area contributed by atoms with E-state index in [0.717, 1.165) is 19.8 Å². The summed E-state index contributed by atoms with van der Waals surface area (Å²) in [4.78, 5) is 4.97. The Bertz CT molecular complexity index is 519. The van der Waals surface area contributed by atoms with Gasteiger partial charge in [-0.2, -0.15) is 0 Å². The highest BCUT2D eigenvalue weighted by Gasteiger charge is 2.35. The standard InChI is InChI=1S/C21H36N2O/c1-15(2)17-9-8-10-18(16(3)4)20(17)23-12-11-22(14-23)19(13-24)21(5,6)7/h8-10,15-16,19,24H,11-14H2,1-7H3/t19-/m1/s1. The van der Waals surface area contributed by atoms with E-state index in [1.807, 2.05) is 0 Å². The van der Waals surface area contributed by atoms with Crippen molar-refractivity contribution in [2.45, 2.75) is 66.3 Å². The first-order valence-electron chi connectivity index (χ1n) is 9.39. The van der Waals surface area contributed by atoms with Gasteiger partial charge in [-0.05, 0) is 28.4 Å². The maximum Gasteiger partial charge on any atom is 0.0711 e. The van der Waals surface area contributed by atoms with Crippen LogP contribution in [0.15, 0.2) is 18.2 Å². The molecule has 1 N–H and O–H groups in total. The van der Waals surface area contributed by atoms with Crippen LogP contribution in [0.1, 0.15) is 71.4 Å². The lowest BCUT2D eigenvalue weighted by molar-refractivity contribution is 0.0657. The number of nitrogens with zero attached hydrogens (tertiary/aromatic N) is 2. The maximum absolute atomic E-state index is 9.90. The first-order chi connectivity index (χ1) is 11.2. The number of para-hydroxylation sites is 1. The summed E-state index contributed by atoms with van der Waals surface area (Å²) in [7, 11) is 0.